The van der Waals surface area contributed by atoms with Crippen LogP contribution in [0.2, 0.25) is 0 Å². The number of ether oxygens (including phenoxy) is 1. The third-order valence-corrected chi connectivity index (χ3v) is 5.49. The predicted octanol–water partition coefficient (Wildman–Crippen LogP) is 3.07. The van der Waals surface area contributed by atoms with Crippen LogP contribution in [-0.2, 0) is 11.3 Å². The quantitative estimate of drug-likeness (QED) is 0.713. The largest absolute Gasteiger partial charge is 0.376 e. The second-order valence-electron chi connectivity index (χ2n) is 7.27. The number of morpholine rings is 1. The summed E-state index contributed by atoms with van der Waals surface area (Å²) in [7, 11) is 0. The average molecular weight is 389 g/mol. The Balaban J connectivity index is 1.44. The van der Waals surface area contributed by atoms with Crippen LogP contribution in [-0.4, -0.2) is 41.5 Å². The van der Waals surface area contributed by atoms with Gasteiger partial charge in [0.05, 0.1) is 18.0 Å². The molecule has 0 amide bonds. The molecule has 2 aliphatic rings. The molecule has 29 heavy (non-hydrogen) atoms. The molecule has 3 aromatic rings. The lowest BCUT2D eigenvalue weighted by Gasteiger charge is -2.35. The van der Waals surface area contributed by atoms with Gasteiger partial charge in [-0.15, -0.1) is 0 Å². The highest BCUT2D eigenvalue weighted by Gasteiger charge is 2.25. The Hall–Kier alpha value is -3.16. The average Bonchev–Trinajstić information content (AvgIpc) is 2.95. The van der Waals surface area contributed by atoms with E-state index in [0.717, 1.165) is 47.1 Å². The standard InChI is InChI=1S/C22H23N5O2/c28-15-27-13-17-4-2-8-24-22(17)25-19-6-5-18(11-20(19)27)26-9-10-29-21(14-26)16-3-1-7-23-12-16/h1-8,11-12,21,28H,9-10,13-15H2,(H,24,25). The van der Waals surface area contributed by atoms with Crippen molar-refractivity contribution in [3.8, 4) is 0 Å². The number of pyridine rings is 2. The monoisotopic (exact) mass is 389 g/mol. The molecule has 0 aliphatic carbocycles. The fourth-order valence-corrected chi connectivity index (χ4v) is 3.96. The molecule has 2 aliphatic heterocycles. The molecular weight excluding hydrogens is 366 g/mol. The van der Waals surface area contributed by atoms with Crippen molar-refractivity contribution in [2.24, 2.45) is 0 Å². The van der Waals surface area contributed by atoms with Crippen molar-refractivity contribution in [1.82, 2.24) is 9.97 Å². The van der Waals surface area contributed by atoms with E-state index in [2.05, 4.69) is 44.5 Å². The molecule has 2 aromatic heterocycles. The number of hydrogen-bond acceptors (Lipinski definition) is 7. The zero-order valence-corrected chi connectivity index (χ0v) is 16.0. The zero-order valence-electron chi connectivity index (χ0n) is 16.0. The number of nitrogens with zero attached hydrogens (tertiary/aromatic N) is 4. The van der Waals surface area contributed by atoms with Crippen LogP contribution in [0.1, 0.15) is 17.2 Å². The molecular formula is C22H23N5O2. The molecule has 0 saturated carbocycles. The minimum Gasteiger partial charge on any atom is -0.376 e. The van der Waals surface area contributed by atoms with Crippen molar-refractivity contribution < 1.29 is 9.84 Å². The third-order valence-electron chi connectivity index (χ3n) is 5.49. The zero-order chi connectivity index (χ0) is 19.6. The van der Waals surface area contributed by atoms with E-state index >= 15 is 0 Å². The number of hydrogen-bond donors (Lipinski definition) is 2. The molecule has 5 rings (SSSR count). The van der Waals surface area contributed by atoms with Crippen LogP contribution >= 0.6 is 0 Å². The second kappa shape index (κ2) is 7.69. The summed E-state index contributed by atoms with van der Waals surface area (Å²) in [5.74, 6) is 0.834. The summed E-state index contributed by atoms with van der Waals surface area (Å²) in [6, 6.07) is 14.3. The van der Waals surface area contributed by atoms with Crippen LogP contribution in [0.4, 0.5) is 22.9 Å². The first kappa shape index (κ1) is 17.9. The lowest BCUT2D eigenvalue weighted by Crippen LogP contribution is -2.38. The lowest BCUT2D eigenvalue weighted by atomic mass is 10.1. The number of fused-ring (bicyclic) bond motifs is 2. The van der Waals surface area contributed by atoms with Crippen molar-refractivity contribution in [3.05, 3.63) is 72.2 Å². The van der Waals surface area contributed by atoms with E-state index in [1.165, 1.54) is 0 Å². The smallest absolute Gasteiger partial charge is 0.135 e. The normalized spacial score (nSPS) is 18.4. The summed E-state index contributed by atoms with van der Waals surface area (Å²) in [6.45, 7) is 2.79. The van der Waals surface area contributed by atoms with Gasteiger partial charge in [-0.25, -0.2) is 4.98 Å². The first-order chi connectivity index (χ1) is 14.3. The summed E-state index contributed by atoms with van der Waals surface area (Å²) in [5.41, 5.74) is 5.17. The highest BCUT2D eigenvalue weighted by atomic mass is 16.5. The van der Waals surface area contributed by atoms with Gasteiger partial charge in [0, 0.05) is 55.0 Å². The van der Waals surface area contributed by atoms with Gasteiger partial charge >= 0.3 is 0 Å². The summed E-state index contributed by atoms with van der Waals surface area (Å²) < 4.78 is 5.98. The van der Waals surface area contributed by atoms with Gasteiger partial charge in [0.15, 0.2) is 0 Å². The molecule has 7 nitrogen and oxygen atoms in total. The molecule has 7 heteroatoms. The highest BCUT2D eigenvalue weighted by Crippen LogP contribution is 2.38. The van der Waals surface area contributed by atoms with E-state index in [0.29, 0.717) is 13.2 Å². The highest BCUT2D eigenvalue weighted by molar-refractivity contribution is 5.80. The van der Waals surface area contributed by atoms with Crippen molar-refractivity contribution in [2.45, 2.75) is 12.6 Å². The number of nitrogens with one attached hydrogen (secondary N) is 1. The van der Waals surface area contributed by atoms with Gasteiger partial charge in [-0.2, -0.15) is 0 Å². The Kier molecular flexibility index (Phi) is 4.75. The molecule has 0 spiro atoms. The van der Waals surface area contributed by atoms with E-state index in [4.69, 9.17) is 4.74 Å². The van der Waals surface area contributed by atoms with Gasteiger partial charge in [0.1, 0.15) is 18.7 Å². The van der Waals surface area contributed by atoms with E-state index in [1.54, 1.807) is 12.4 Å². The van der Waals surface area contributed by atoms with E-state index < -0.39 is 0 Å². The lowest BCUT2D eigenvalue weighted by molar-refractivity contribution is 0.0396. The maximum atomic E-state index is 10.0. The maximum absolute atomic E-state index is 10.0. The molecule has 1 aromatic carbocycles. The van der Waals surface area contributed by atoms with Crippen LogP contribution in [0, 0.1) is 0 Å². The van der Waals surface area contributed by atoms with Crippen LogP contribution in [0.5, 0.6) is 0 Å². The minimum atomic E-state index is -0.0616. The fraction of sp³-hybridized carbons (Fsp3) is 0.273. The van der Waals surface area contributed by atoms with E-state index in [1.807, 2.05) is 29.3 Å². The Bertz CT molecular complexity index is 998. The van der Waals surface area contributed by atoms with Crippen molar-refractivity contribution in [1.29, 1.82) is 0 Å². The van der Waals surface area contributed by atoms with Crippen molar-refractivity contribution in [3.63, 3.8) is 0 Å². The van der Waals surface area contributed by atoms with Crippen molar-refractivity contribution in [2.75, 3.05) is 41.5 Å². The number of aromatic nitrogens is 2. The number of benzene rings is 1. The Morgan fingerprint density at radius 1 is 1.17 bits per heavy atom. The van der Waals surface area contributed by atoms with Gasteiger partial charge in [-0.1, -0.05) is 12.1 Å². The molecule has 2 N–H and O–H groups in total. The summed E-state index contributed by atoms with van der Waals surface area (Å²) in [5, 5.41) is 13.4. The Morgan fingerprint density at radius 3 is 2.97 bits per heavy atom. The molecule has 0 bridgehead atoms. The van der Waals surface area contributed by atoms with Gasteiger partial charge in [-0.05, 0) is 30.3 Å². The Labute approximate surface area is 169 Å². The van der Waals surface area contributed by atoms with Gasteiger partial charge < -0.3 is 25.0 Å². The molecule has 1 atom stereocenters. The molecule has 0 radical (unpaired) electrons. The SMILES string of the molecule is OCN1Cc2cccnc2Nc2ccc(N3CCOC(c4cccnc4)C3)cc21. The molecule has 148 valence electrons. The minimum absolute atomic E-state index is 0.00298. The van der Waals surface area contributed by atoms with Gasteiger partial charge in [0.25, 0.3) is 0 Å². The first-order valence-corrected chi connectivity index (χ1v) is 9.79. The van der Waals surface area contributed by atoms with Crippen molar-refractivity contribution >= 4 is 22.9 Å². The van der Waals surface area contributed by atoms with E-state index in [9.17, 15) is 5.11 Å². The molecule has 4 heterocycles. The molecule has 1 fully saturated rings. The van der Waals surface area contributed by atoms with Crippen LogP contribution in [0.15, 0.2) is 61.1 Å². The predicted molar refractivity (Wildman–Crippen MR) is 112 cm³/mol. The van der Waals surface area contributed by atoms with Crippen LogP contribution in [0.25, 0.3) is 0 Å². The number of anilines is 4. The summed E-state index contributed by atoms with van der Waals surface area (Å²) >= 11 is 0. The van der Waals surface area contributed by atoms with Gasteiger partial charge in [-0.3, -0.25) is 4.98 Å². The second-order valence-corrected chi connectivity index (χ2v) is 7.27. The van der Waals surface area contributed by atoms with Crippen LogP contribution in [0.3, 0.4) is 0 Å². The number of rotatable bonds is 3. The molecule has 1 unspecified atom stereocenters. The fourth-order valence-electron chi connectivity index (χ4n) is 3.96. The topological polar surface area (TPSA) is 73.8 Å². The number of aliphatic hydroxyl groups excluding tert-OH is 1. The maximum Gasteiger partial charge on any atom is 0.135 e. The first-order valence-electron chi connectivity index (χ1n) is 9.79. The summed E-state index contributed by atoms with van der Waals surface area (Å²) in [4.78, 5) is 13.0. The summed E-state index contributed by atoms with van der Waals surface area (Å²) in [6.07, 6.45) is 5.42. The van der Waals surface area contributed by atoms with E-state index in [-0.39, 0.29) is 12.8 Å². The molecule has 1 saturated heterocycles. The van der Waals surface area contributed by atoms with Gasteiger partial charge in [0.2, 0.25) is 0 Å². The number of aliphatic hydroxyl groups is 1. The van der Waals surface area contributed by atoms with Crippen LogP contribution < -0.4 is 15.1 Å². The Morgan fingerprint density at radius 2 is 2.10 bits per heavy atom. The third kappa shape index (κ3) is 3.50.